The van der Waals surface area contributed by atoms with Gasteiger partial charge < -0.3 is 15.4 Å². The quantitative estimate of drug-likeness (QED) is 0.586. The standard InChI is InChI=1S/C22H24N4O3/c1-2-23-22(28)16-29-20-11-9-18(10-12-20)25-21(27)13-8-17-14-24-26(15-17)19-6-4-3-5-7-19/h3-7,9-12,14-15H,2,8,13,16H2,1H3,(H,23,28)(H,25,27). The molecule has 2 amide bonds. The summed E-state index contributed by atoms with van der Waals surface area (Å²) in [5, 5.41) is 9.87. The molecule has 2 N–H and O–H groups in total. The van der Waals surface area contributed by atoms with E-state index in [-0.39, 0.29) is 18.4 Å². The largest absolute Gasteiger partial charge is 0.484 e. The van der Waals surface area contributed by atoms with E-state index in [1.165, 1.54) is 0 Å². The molecule has 1 heterocycles. The molecule has 29 heavy (non-hydrogen) atoms. The Bertz CT molecular complexity index is 936. The summed E-state index contributed by atoms with van der Waals surface area (Å²) >= 11 is 0. The topological polar surface area (TPSA) is 85.2 Å². The number of anilines is 1. The van der Waals surface area contributed by atoms with Crippen molar-refractivity contribution in [2.24, 2.45) is 0 Å². The van der Waals surface area contributed by atoms with Gasteiger partial charge in [0.25, 0.3) is 5.91 Å². The van der Waals surface area contributed by atoms with E-state index in [4.69, 9.17) is 4.74 Å². The van der Waals surface area contributed by atoms with Gasteiger partial charge >= 0.3 is 0 Å². The predicted octanol–water partition coefficient (Wildman–Crippen LogP) is 2.96. The Morgan fingerprint density at radius 1 is 1.03 bits per heavy atom. The normalized spacial score (nSPS) is 10.4. The average Bonchev–Trinajstić information content (AvgIpc) is 3.22. The van der Waals surface area contributed by atoms with Crippen LogP contribution in [0.1, 0.15) is 18.9 Å². The number of benzene rings is 2. The molecule has 0 saturated carbocycles. The second-order valence-electron chi connectivity index (χ2n) is 6.44. The summed E-state index contributed by atoms with van der Waals surface area (Å²) in [4.78, 5) is 23.6. The van der Waals surface area contributed by atoms with E-state index in [1.807, 2.05) is 43.5 Å². The number of hydrogen-bond acceptors (Lipinski definition) is 4. The highest BCUT2D eigenvalue weighted by Crippen LogP contribution is 2.16. The van der Waals surface area contributed by atoms with Crippen molar-refractivity contribution < 1.29 is 14.3 Å². The third kappa shape index (κ3) is 6.21. The van der Waals surface area contributed by atoms with E-state index in [1.54, 1.807) is 35.1 Å². The Hall–Kier alpha value is -3.61. The van der Waals surface area contributed by atoms with Gasteiger partial charge in [-0.25, -0.2) is 4.68 Å². The Kier molecular flexibility index (Phi) is 7.00. The highest BCUT2D eigenvalue weighted by molar-refractivity contribution is 5.90. The number of rotatable bonds is 9. The SMILES string of the molecule is CCNC(=O)COc1ccc(NC(=O)CCc2cnn(-c3ccccc3)c2)cc1. The first-order chi connectivity index (χ1) is 14.1. The third-order valence-corrected chi connectivity index (χ3v) is 4.18. The van der Waals surface area contributed by atoms with Gasteiger partial charge in [0.15, 0.2) is 6.61 Å². The van der Waals surface area contributed by atoms with Gasteiger partial charge in [-0.05, 0) is 55.3 Å². The molecule has 0 aliphatic rings. The van der Waals surface area contributed by atoms with Crippen LogP contribution in [0.2, 0.25) is 0 Å². The lowest BCUT2D eigenvalue weighted by Gasteiger charge is -2.08. The van der Waals surface area contributed by atoms with Gasteiger partial charge in [-0.2, -0.15) is 5.10 Å². The molecule has 3 rings (SSSR count). The average molecular weight is 392 g/mol. The summed E-state index contributed by atoms with van der Waals surface area (Å²) < 4.78 is 7.19. The fourth-order valence-electron chi connectivity index (χ4n) is 2.72. The fourth-order valence-corrected chi connectivity index (χ4v) is 2.72. The van der Waals surface area contributed by atoms with Gasteiger partial charge in [0, 0.05) is 24.8 Å². The molecular formula is C22H24N4O3. The molecule has 150 valence electrons. The highest BCUT2D eigenvalue weighted by atomic mass is 16.5. The number of ether oxygens (including phenoxy) is 1. The second kappa shape index (κ2) is 10.1. The fraction of sp³-hybridized carbons (Fsp3) is 0.227. The number of aromatic nitrogens is 2. The number of carbonyl (C=O) groups is 2. The second-order valence-corrected chi connectivity index (χ2v) is 6.44. The van der Waals surface area contributed by atoms with Crippen LogP contribution in [0.4, 0.5) is 5.69 Å². The third-order valence-electron chi connectivity index (χ3n) is 4.18. The van der Waals surface area contributed by atoms with E-state index in [0.717, 1.165) is 11.3 Å². The van der Waals surface area contributed by atoms with Crippen molar-refractivity contribution in [1.29, 1.82) is 0 Å². The van der Waals surface area contributed by atoms with Gasteiger partial charge in [0.05, 0.1) is 11.9 Å². The van der Waals surface area contributed by atoms with Crippen LogP contribution in [0.15, 0.2) is 67.0 Å². The molecule has 7 nitrogen and oxygen atoms in total. The zero-order valence-electron chi connectivity index (χ0n) is 16.3. The molecule has 0 saturated heterocycles. The lowest BCUT2D eigenvalue weighted by Crippen LogP contribution is -2.28. The number of carbonyl (C=O) groups excluding carboxylic acids is 2. The first-order valence-electron chi connectivity index (χ1n) is 9.52. The summed E-state index contributed by atoms with van der Waals surface area (Å²) in [6.07, 6.45) is 4.67. The number of para-hydroxylation sites is 1. The molecule has 0 atom stereocenters. The lowest BCUT2D eigenvalue weighted by atomic mass is 10.2. The van der Waals surface area contributed by atoms with E-state index < -0.39 is 0 Å². The van der Waals surface area contributed by atoms with Crippen molar-refractivity contribution in [3.63, 3.8) is 0 Å². The van der Waals surface area contributed by atoms with Crippen molar-refractivity contribution in [3.8, 4) is 11.4 Å². The number of nitrogens with zero attached hydrogens (tertiary/aromatic N) is 2. The minimum atomic E-state index is -0.166. The molecule has 7 heteroatoms. The Morgan fingerprint density at radius 2 is 1.79 bits per heavy atom. The predicted molar refractivity (Wildman–Crippen MR) is 111 cm³/mol. The van der Waals surface area contributed by atoms with Gasteiger partial charge in [-0.1, -0.05) is 18.2 Å². The summed E-state index contributed by atoms with van der Waals surface area (Å²) in [5.41, 5.74) is 2.66. The van der Waals surface area contributed by atoms with Crippen LogP contribution in [0, 0.1) is 0 Å². The van der Waals surface area contributed by atoms with Crippen LogP contribution in [0.3, 0.4) is 0 Å². The zero-order chi connectivity index (χ0) is 20.5. The Morgan fingerprint density at radius 3 is 2.52 bits per heavy atom. The maximum Gasteiger partial charge on any atom is 0.257 e. The summed E-state index contributed by atoms with van der Waals surface area (Å²) in [7, 11) is 0. The first-order valence-corrected chi connectivity index (χ1v) is 9.52. The molecule has 0 unspecified atom stereocenters. The molecule has 0 radical (unpaired) electrons. The number of nitrogens with one attached hydrogen (secondary N) is 2. The summed E-state index contributed by atoms with van der Waals surface area (Å²) in [6, 6.07) is 16.8. The smallest absolute Gasteiger partial charge is 0.257 e. The van der Waals surface area contributed by atoms with Crippen molar-refractivity contribution in [3.05, 3.63) is 72.6 Å². The van der Waals surface area contributed by atoms with Crippen LogP contribution in [0.5, 0.6) is 5.75 Å². The van der Waals surface area contributed by atoms with Crippen molar-refractivity contribution in [1.82, 2.24) is 15.1 Å². The molecule has 0 fully saturated rings. The molecule has 3 aromatic rings. The van der Waals surface area contributed by atoms with Gasteiger partial charge in [0.2, 0.25) is 5.91 Å². The molecule has 1 aromatic heterocycles. The highest BCUT2D eigenvalue weighted by Gasteiger charge is 2.07. The van der Waals surface area contributed by atoms with Crippen molar-refractivity contribution >= 4 is 17.5 Å². The van der Waals surface area contributed by atoms with E-state index >= 15 is 0 Å². The number of hydrogen-bond donors (Lipinski definition) is 2. The summed E-state index contributed by atoms with van der Waals surface area (Å²) in [5.74, 6) is 0.330. The Labute approximate surface area is 169 Å². The first kappa shape index (κ1) is 20.1. The number of aryl methyl sites for hydroxylation is 1. The van der Waals surface area contributed by atoms with E-state index in [2.05, 4.69) is 15.7 Å². The van der Waals surface area contributed by atoms with Crippen molar-refractivity contribution in [2.75, 3.05) is 18.5 Å². The molecular weight excluding hydrogens is 368 g/mol. The van der Waals surface area contributed by atoms with E-state index in [0.29, 0.717) is 30.8 Å². The van der Waals surface area contributed by atoms with Gasteiger partial charge in [-0.3, -0.25) is 9.59 Å². The number of amides is 2. The monoisotopic (exact) mass is 392 g/mol. The van der Waals surface area contributed by atoms with Crippen LogP contribution >= 0.6 is 0 Å². The maximum atomic E-state index is 12.2. The summed E-state index contributed by atoms with van der Waals surface area (Å²) in [6.45, 7) is 2.39. The van der Waals surface area contributed by atoms with Crippen molar-refractivity contribution in [2.45, 2.75) is 19.8 Å². The minimum Gasteiger partial charge on any atom is -0.484 e. The van der Waals surface area contributed by atoms with E-state index in [9.17, 15) is 9.59 Å². The number of likely N-dealkylation sites (N-methyl/N-ethyl adjacent to an activating group) is 1. The molecule has 0 spiro atoms. The maximum absolute atomic E-state index is 12.2. The van der Waals surface area contributed by atoms with Crippen LogP contribution in [0.25, 0.3) is 5.69 Å². The Balaban J connectivity index is 1.45. The van der Waals surface area contributed by atoms with Crippen LogP contribution < -0.4 is 15.4 Å². The van der Waals surface area contributed by atoms with Crippen LogP contribution in [-0.4, -0.2) is 34.7 Å². The molecule has 2 aromatic carbocycles. The van der Waals surface area contributed by atoms with Gasteiger partial charge in [0.1, 0.15) is 5.75 Å². The zero-order valence-corrected chi connectivity index (χ0v) is 16.3. The lowest BCUT2D eigenvalue weighted by molar-refractivity contribution is -0.123. The minimum absolute atomic E-state index is 0.0315. The van der Waals surface area contributed by atoms with Crippen LogP contribution in [-0.2, 0) is 16.0 Å². The van der Waals surface area contributed by atoms with Gasteiger partial charge in [-0.15, -0.1) is 0 Å². The molecule has 0 bridgehead atoms. The molecule has 0 aliphatic heterocycles. The molecule has 0 aliphatic carbocycles.